The van der Waals surface area contributed by atoms with Gasteiger partial charge < -0.3 is 5.32 Å². The molecule has 0 fully saturated rings. The number of aldehydes is 1. The summed E-state index contributed by atoms with van der Waals surface area (Å²) in [5.74, 6) is 0.503. The van der Waals surface area contributed by atoms with Crippen molar-refractivity contribution in [3.05, 3.63) is 17.0 Å². The van der Waals surface area contributed by atoms with Crippen LogP contribution < -0.4 is 5.32 Å². The highest BCUT2D eigenvalue weighted by Gasteiger charge is 2.08. The first kappa shape index (κ1) is 13.3. The number of thioether (sulfide) groups is 1. The van der Waals surface area contributed by atoms with Gasteiger partial charge in [-0.1, -0.05) is 18.5 Å². The number of carbonyl (C=O) groups excluding carboxylic acids is 1. The predicted molar refractivity (Wildman–Crippen MR) is 68.5 cm³/mol. The van der Waals surface area contributed by atoms with Crippen molar-refractivity contribution in [2.45, 2.75) is 18.6 Å². The van der Waals surface area contributed by atoms with Crippen molar-refractivity contribution in [3.63, 3.8) is 0 Å². The first-order chi connectivity index (χ1) is 7.69. The van der Waals surface area contributed by atoms with E-state index < -0.39 is 0 Å². The van der Waals surface area contributed by atoms with Gasteiger partial charge in [-0.15, -0.1) is 0 Å². The van der Waals surface area contributed by atoms with Gasteiger partial charge in [0.05, 0.1) is 5.56 Å². The molecule has 1 unspecified atom stereocenters. The minimum Gasteiger partial charge on any atom is -0.369 e. The first-order valence-corrected chi connectivity index (χ1v) is 6.58. The van der Waals surface area contributed by atoms with Gasteiger partial charge in [-0.05, 0) is 12.7 Å². The average Bonchev–Trinajstić information content (AvgIpc) is 2.29. The lowest BCUT2D eigenvalue weighted by Crippen LogP contribution is -2.10. The molecular formula is C10H14ClN3OS. The molecule has 0 radical (unpaired) electrons. The van der Waals surface area contributed by atoms with E-state index >= 15 is 0 Å². The predicted octanol–water partition coefficient (Wildman–Crippen LogP) is 2.50. The lowest BCUT2D eigenvalue weighted by atomic mass is 10.3. The molecule has 0 aliphatic rings. The molecule has 6 heteroatoms. The van der Waals surface area contributed by atoms with Gasteiger partial charge in [0.15, 0.2) is 6.29 Å². The summed E-state index contributed by atoms with van der Waals surface area (Å²) in [7, 11) is 0. The molecule has 1 aromatic rings. The summed E-state index contributed by atoms with van der Waals surface area (Å²) in [6, 6.07) is 0. The van der Waals surface area contributed by atoms with E-state index in [4.69, 9.17) is 11.6 Å². The van der Waals surface area contributed by atoms with E-state index in [0.717, 1.165) is 13.0 Å². The summed E-state index contributed by atoms with van der Waals surface area (Å²) >= 11 is 7.58. The van der Waals surface area contributed by atoms with Crippen LogP contribution in [0.25, 0.3) is 0 Å². The van der Waals surface area contributed by atoms with Crippen LogP contribution in [0.4, 0.5) is 5.82 Å². The van der Waals surface area contributed by atoms with Crippen LogP contribution in [0, 0.1) is 0 Å². The monoisotopic (exact) mass is 259 g/mol. The Morgan fingerprint density at radius 2 is 2.38 bits per heavy atom. The molecular weight excluding hydrogens is 246 g/mol. The number of aromatic nitrogens is 2. The third-order valence-corrected chi connectivity index (χ3v) is 3.54. The molecule has 0 bridgehead atoms. The van der Waals surface area contributed by atoms with Crippen molar-refractivity contribution in [2.75, 3.05) is 18.1 Å². The fourth-order valence-electron chi connectivity index (χ4n) is 1.13. The van der Waals surface area contributed by atoms with Crippen LogP contribution in [0.2, 0.25) is 5.15 Å². The van der Waals surface area contributed by atoms with Gasteiger partial charge in [-0.25, -0.2) is 9.97 Å². The van der Waals surface area contributed by atoms with E-state index in [0.29, 0.717) is 22.9 Å². The van der Waals surface area contributed by atoms with E-state index in [-0.39, 0.29) is 5.15 Å². The Labute approximate surface area is 104 Å². The summed E-state index contributed by atoms with van der Waals surface area (Å²) < 4.78 is 0. The van der Waals surface area contributed by atoms with E-state index in [1.165, 1.54) is 6.33 Å². The number of hydrogen-bond acceptors (Lipinski definition) is 5. The Kier molecular flexibility index (Phi) is 5.55. The molecule has 0 aliphatic heterocycles. The van der Waals surface area contributed by atoms with Crippen molar-refractivity contribution in [2.24, 2.45) is 0 Å². The molecule has 0 spiro atoms. The van der Waals surface area contributed by atoms with Crippen molar-refractivity contribution < 1.29 is 4.79 Å². The van der Waals surface area contributed by atoms with Crippen LogP contribution >= 0.6 is 23.4 Å². The van der Waals surface area contributed by atoms with Crippen molar-refractivity contribution in [3.8, 4) is 0 Å². The van der Waals surface area contributed by atoms with Crippen LogP contribution in [-0.4, -0.2) is 34.3 Å². The first-order valence-electron chi connectivity index (χ1n) is 4.91. The van der Waals surface area contributed by atoms with Gasteiger partial charge in [0.1, 0.15) is 17.3 Å². The standard InChI is InChI=1S/C10H14ClN3OS/c1-7(16-2)3-4-12-10-8(5-15)9(11)13-6-14-10/h5-7H,3-4H2,1-2H3,(H,12,13,14). The number of hydrogen-bond donors (Lipinski definition) is 1. The topological polar surface area (TPSA) is 54.9 Å². The molecule has 1 rings (SSSR count). The molecule has 16 heavy (non-hydrogen) atoms. The van der Waals surface area contributed by atoms with E-state index in [1.807, 2.05) is 0 Å². The summed E-state index contributed by atoms with van der Waals surface area (Å²) in [4.78, 5) is 18.5. The zero-order chi connectivity index (χ0) is 12.0. The number of anilines is 1. The van der Waals surface area contributed by atoms with Gasteiger partial charge in [0.2, 0.25) is 0 Å². The normalized spacial score (nSPS) is 12.2. The second-order valence-corrected chi connectivity index (χ2v) is 4.94. The third kappa shape index (κ3) is 3.64. The van der Waals surface area contributed by atoms with Gasteiger partial charge in [-0.3, -0.25) is 4.79 Å². The summed E-state index contributed by atoms with van der Waals surface area (Å²) in [6.07, 6.45) is 5.09. The minimum atomic E-state index is 0.186. The molecule has 88 valence electrons. The SMILES string of the molecule is CSC(C)CCNc1ncnc(Cl)c1C=O. The van der Waals surface area contributed by atoms with Crippen LogP contribution in [0.3, 0.4) is 0 Å². The zero-order valence-electron chi connectivity index (χ0n) is 9.24. The molecule has 1 atom stereocenters. The fourth-order valence-corrected chi connectivity index (χ4v) is 1.66. The maximum absolute atomic E-state index is 10.8. The van der Waals surface area contributed by atoms with Crippen molar-refractivity contribution >= 4 is 35.5 Å². The Morgan fingerprint density at radius 3 is 3.00 bits per heavy atom. The van der Waals surface area contributed by atoms with Crippen LogP contribution in [-0.2, 0) is 0 Å². The molecule has 0 amide bonds. The Hall–Kier alpha value is -0.810. The lowest BCUT2D eigenvalue weighted by molar-refractivity contribution is 0.112. The summed E-state index contributed by atoms with van der Waals surface area (Å²) in [5, 5.41) is 3.85. The van der Waals surface area contributed by atoms with Gasteiger partial charge in [-0.2, -0.15) is 11.8 Å². The Morgan fingerprint density at radius 1 is 1.62 bits per heavy atom. The molecule has 0 aromatic carbocycles. The summed E-state index contributed by atoms with van der Waals surface area (Å²) in [5.41, 5.74) is 0.320. The number of rotatable bonds is 6. The largest absolute Gasteiger partial charge is 0.369 e. The smallest absolute Gasteiger partial charge is 0.156 e. The second-order valence-electron chi connectivity index (χ2n) is 3.31. The van der Waals surface area contributed by atoms with Gasteiger partial charge in [0.25, 0.3) is 0 Å². The lowest BCUT2D eigenvalue weighted by Gasteiger charge is -2.10. The molecule has 0 saturated heterocycles. The maximum atomic E-state index is 10.8. The quantitative estimate of drug-likeness (QED) is 0.628. The van der Waals surface area contributed by atoms with Crippen molar-refractivity contribution in [1.29, 1.82) is 0 Å². The van der Waals surface area contributed by atoms with Gasteiger partial charge in [0, 0.05) is 11.8 Å². The van der Waals surface area contributed by atoms with E-state index in [9.17, 15) is 4.79 Å². The number of nitrogens with zero attached hydrogens (tertiary/aromatic N) is 2. The highest BCUT2D eigenvalue weighted by Crippen LogP contribution is 2.17. The number of carbonyl (C=O) groups is 1. The van der Waals surface area contributed by atoms with Crippen LogP contribution in [0.5, 0.6) is 0 Å². The van der Waals surface area contributed by atoms with Crippen LogP contribution in [0.1, 0.15) is 23.7 Å². The maximum Gasteiger partial charge on any atom is 0.156 e. The summed E-state index contributed by atoms with van der Waals surface area (Å²) in [6.45, 7) is 2.91. The molecule has 4 nitrogen and oxygen atoms in total. The number of nitrogens with one attached hydrogen (secondary N) is 1. The zero-order valence-corrected chi connectivity index (χ0v) is 10.8. The average molecular weight is 260 g/mol. The molecule has 0 aliphatic carbocycles. The highest BCUT2D eigenvalue weighted by atomic mass is 35.5. The molecule has 1 heterocycles. The van der Waals surface area contributed by atoms with Gasteiger partial charge >= 0.3 is 0 Å². The molecule has 1 aromatic heterocycles. The second kappa shape index (κ2) is 6.70. The van der Waals surface area contributed by atoms with Crippen molar-refractivity contribution in [1.82, 2.24) is 9.97 Å². The fraction of sp³-hybridized carbons (Fsp3) is 0.500. The molecule has 0 saturated carbocycles. The Bertz CT molecular complexity index is 362. The third-order valence-electron chi connectivity index (χ3n) is 2.20. The van der Waals surface area contributed by atoms with Crippen LogP contribution in [0.15, 0.2) is 6.33 Å². The minimum absolute atomic E-state index is 0.186. The molecule has 1 N–H and O–H groups in total. The highest BCUT2D eigenvalue weighted by molar-refractivity contribution is 7.99. The Balaban J connectivity index is 2.60. The van der Waals surface area contributed by atoms with E-state index in [2.05, 4.69) is 28.5 Å². The number of halogens is 1. The van der Waals surface area contributed by atoms with E-state index in [1.54, 1.807) is 11.8 Å².